The lowest BCUT2D eigenvalue weighted by Crippen LogP contribution is -2.01. The molecule has 0 amide bonds. The van der Waals surface area contributed by atoms with Crippen LogP contribution < -0.4 is 0 Å². The fourth-order valence-corrected chi connectivity index (χ4v) is 2.36. The number of hydrogen-bond donors (Lipinski definition) is 0. The Morgan fingerprint density at radius 3 is 2.26 bits per heavy atom. The number of benzene rings is 2. The molecule has 2 aromatic rings. The molecule has 0 fully saturated rings. The number of rotatable bonds is 5. The Labute approximate surface area is 123 Å². The molecule has 3 heteroatoms. The summed E-state index contributed by atoms with van der Waals surface area (Å²) < 4.78 is 0. The summed E-state index contributed by atoms with van der Waals surface area (Å²) in [4.78, 5) is 13.2. The molecule has 0 spiro atoms. The molecular formula is C16H15ClOS. The number of ketones is 1. The molecule has 2 aromatic carbocycles. The topological polar surface area (TPSA) is 17.1 Å². The average molecular weight is 291 g/mol. The lowest BCUT2D eigenvalue weighted by Gasteiger charge is -2.03. The van der Waals surface area contributed by atoms with Gasteiger partial charge in [-0.05, 0) is 42.5 Å². The standard InChI is InChI=1S/C16H15ClOS/c1-19-15-9-5-13(6-10-15)16(18)11-4-12-2-7-14(17)8-3-12/h2-3,5-10H,4,11H2,1H3. The van der Waals surface area contributed by atoms with Gasteiger partial charge in [0.25, 0.3) is 0 Å². The van der Waals surface area contributed by atoms with Crippen LogP contribution >= 0.6 is 23.4 Å². The van der Waals surface area contributed by atoms with Gasteiger partial charge in [-0.2, -0.15) is 0 Å². The summed E-state index contributed by atoms with van der Waals surface area (Å²) in [6.07, 6.45) is 3.30. The van der Waals surface area contributed by atoms with Crippen molar-refractivity contribution in [3.8, 4) is 0 Å². The molecule has 0 atom stereocenters. The molecule has 1 nitrogen and oxygen atoms in total. The number of carbonyl (C=O) groups excluding carboxylic acids is 1. The number of halogens is 1. The van der Waals surface area contributed by atoms with Crippen molar-refractivity contribution >= 4 is 29.1 Å². The summed E-state index contributed by atoms with van der Waals surface area (Å²) in [6, 6.07) is 15.4. The van der Waals surface area contributed by atoms with E-state index in [1.165, 1.54) is 4.90 Å². The van der Waals surface area contributed by atoms with Crippen molar-refractivity contribution in [2.75, 3.05) is 6.26 Å². The number of aryl methyl sites for hydroxylation is 1. The molecule has 0 aliphatic carbocycles. The van der Waals surface area contributed by atoms with Crippen molar-refractivity contribution < 1.29 is 4.79 Å². The number of thioether (sulfide) groups is 1. The van der Waals surface area contributed by atoms with E-state index in [-0.39, 0.29) is 5.78 Å². The van der Waals surface area contributed by atoms with Gasteiger partial charge in [0, 0.05) is 21.9 Å². The summed E-state index contributed by atoms with van der Waals surface area (Å²) in [5, 5.41) is 0.725. The number of carbonyl (C=O) groups is 1. The number of Topliss-reactive ketones (excluding diaryl/α,β-unsaturated/α-hetero) is 1. The minimum atomic E-state index is 0.183. The smallest absolute Gasteiger partial charge is 0.163 e. The van der Waals surface area contributed by atoms with E-state index in [4.69, 9.17) is 11.6 Å². The minimum absolute atomic E-state index is 0.183. The Morgan fingerprint density at radius 2 is 1.68 bits per heavy atom. The van der Waals surface area contributed by atoms with Crippen LogP contribution in [0, 0.1) is 0 Å². The fraction of sp³-hybridized carbons (Fsp3) is 0.188. The third-order valence-corrected chi connectivity index (χ3v) is 3.96. The van der Waals surface area contributed by atoms with Crippen LogP contribution in [0.4, 0.5) is 0 Å². The van der Waals surface area contributed by atoms with Crippen LogP contribution in [0.5, 0.6) is 0 Å². The summed E-state index contributed by atoms with van der Waals surface area (Å²) in [6.45, 7) is 0. The third kappa shape index (κ3) is 4.12. The monoisotopic (exact) mass is 290 g/mol. The lowest BCUT2D eigenvalue weighted by molar-refractivity contribution is 0.0983. The maximum atomic E-state index is 12.1. The van der Waals surface area contributed by atoms with Crippen molar-refractivity contribution in [3.63, 3.8) is 0 Å². The van der Waals surface area contributed by atoms with E-state index in [1.54, 1.807) is 11.8 Å². The summed E-state index contributed by atoms with van der Waals surface area (Å²) >= 11 is 7.51. The van der Waals surface area contributed by atoms with E-state index in [1.807, 2.05) is 54.8 Å². The molecule has 2 rings (SSSR count). The van der Waals surface area contributed by atoms with Crippen LogP contribution in [0.25, 0.3) is 0 Å². The van der Waals surface area contributed by atoms with Gasteiger partial charge >= 0.3 is 0 Å². The zero-order chi connectivity index (χ0) is 13.7. The first-order valence-corrected chi connectivity index (χ1v) is 7.71. The largest absolute Gasteiger partial charge is 0.294 e. The van der Waals surface area contributed by atoms with Gasteiger partial charge < -0.3 is 0 Å². The predicted molar refractivity (Wildman–Crippen MR) is 82.3 cm³/mol. The van der Waals surface area contributed by atoms with Crippen LogP contribution in [0.2, 0.25) is 5.02 Å². The fourth-order valence-electron chi connectivity index (χ4n) is 1.83. The van der Waals surface area contributed by atoms with Crippen molar-refractivity contribution in [3.05, 3.63) is 64.7 Å². The molecule has 0 radical (unpaired) electrons. The molecule has 0 unspecified atom stereocenters. The zero-order valence-electron chi connectivity index (χ0n) is 10.7. The molecule has 98 valence electrons. The summed E-state index contributed by atoms with van der Waals surface area (Å²) in [7, 11) is 0. The third-order valence-electron chi connectivity index (χ3n) is 2.97. The molecule has 0 heterocycles. The summed E-state index contributed by atoms with van der Waals surface area (Å²) in [5.74, 6) is 0.183. The van der Waals surface area contributed by atoms with Gasteiger partial charge in [0.15, 0.2) is 5.78 Å². The first kappa shape index (κ1) is 14.2. The van der Waals surface area contributed by atoms with Gasteiger partial charge in [-0.25, -0.2) is 0 Å². The Balaban J connectivity index is 1.95. The molecule has 0 bridgehead atoms. The summed E-state index contributed by atoms with van der Waals surface area (Å²) in [5.41, 5.74) is 1.92. The minimum Gasteiger partial charge on any atom is -0.294 e. The maximum absolute atomic E-state index is 12.1. The Hall–Kier alpha value is -1.25. The van der Waals surface area contributed by atoms with E-state index in [2.05, 4.69) is 0 Å². The van der Waals surface area contributed by atoms with Crippen molar-refractivity contribution in [1.82, 2.24) is 0 Å². The molecule has 0 aliphatic rings. The molecule has 19 heavy (non-hydrogen) atoms. The average Bonchev–Trinajstić information content (AvgIpc) is 2.46. The highest BCUT2D eigenvalue weighted by Gasteiger charge is 2.06. The molecule has 0 aliphatic heterocycles. The molecule has 0 N–H and O–H groups in total. The number of hydrogen-bond acceptors (Lipinski definition) is 2. The molecule has 0 saturated carbocycles. The quantitative estimate of drug-likeness (QED) is 0.577. The predicted octanol–water partition coefficient (Wildman–Crippen LogP) is 4.88. The van der Waals surface area contributed by atoms with Crippen LogP contribution in [0.15, 0.2) is 53.4 Å². The highest BCUT2D eigenvalue weighted by atomic mass is 35.5. The second-order valence-electron chi connectivity index (χ2n) is 4.28. The van der Waals surface area contributed by atoms with E-state index in [9.17, 15) is 4.79 Å². The first-order chi connectivity index (χ1) is 9.19. The maximum Gasteiger partial charge on any atom is 0.163 e. The van der Waals surface area contributed by atoms with Gasteiger partial charge in [-0.1, -0.05) is 35.9 Å². The first-order valence-electron chi connectivity index (χ1n) is 6.11. The molecular weight excluding hydrogens is 276 g/mol. The van der Waals surface area contributed by atoms with Crippen molar-refractivity contribution in [1.29, 1.82) is 0 Å². The van der Waals surface area contributed by atoms with Gasteiger partial charge in [0.1, 0.15) is 0 Å². The van der Waals surface area contributed by atoms with Crippen LogP contribution in [0.3, 0.4) is 0 Å². The Kier molecular flexibility index (Phi) is 5.06. The van der Waals surface area contributed by atoms with Gasteiger partial charge in [0.05, 0.1) is 0 Å². The SMILES string of the molecule is CSc1ccc(C(=O)CCc2ccc(Cl)cc2)cc1. The van der Waals surface area contributed by atoms with Crippen molar-refractivity contribution in [2.45, 2.75) is 17.7 Å². The van der Waals surface area contributed by atoms with Gasteiger partial charge in [0.2, 0.25) is 0 Å². The highest BCUT2D eigenvalue weighted by Crippen LogP contribution is 2.17. The van der Waals surface area contributed by atoms with Crippen LogP contribution in [-0.2, 0) is 6.42 Å². The van der Waals surface area contributed by atoms with Crippen LogP contribution in [-0.4, -0.2) is 12.0 Å². The van der Waals surface area contributed by atoms with Crippen LogP contribution in [0.1, 0.15) is 22.3 Å². The Bertz CT molecular complexity index is 546. The van der Waals surface area contributed by atoms with E-state index < -0.39 is 0 Å². The van der Waals surface area contributed by atoms with E-state index in [0.29, 0.717) is 6.42 Å². The van der Waals surface area contributed by atoms with Gasteiger partial charge in [-0.3, -0.25) is 4.79 Å². The van der Waals surface area contributed by atoms with E-state index >= 15 is 0 Å². The normalized spacial score (nSPS) is 10.4. The Morgan fingerprint density at radius 1 is 1.05 bits per heavy atom. The lowest BCUT2D eigenvalue weighted by atomic mass is 10.0. The highest BCUT2D eigenvalue weighted by molar-refractivity contribution is 7.98. The molecule has 0 saturated heterocycles. The second-order valence-corrected chi connectivity index (χ2v) is 5.59. The van der Waals surface area contributed by atoms with E-state index in [0.717, 1.165) is 22.6 Å². The molecule has 0 aromatic heterocycles. The second kappa shape index (κ2) is 6.78. The van der Waals surface area contributed by atoms with Gasteiger partial charge in [-0.15, -0.1) is 11.8 Å². The zero-order valence-corrected chi connectivity index (χ0v) is 12.3. The van der Waals surface area contributed by atoms with Crippen molar-refractivity contribution in [2.24, 2.45) is 0 Å².